The molecular formula is C23H32N6O2. The molecule has 1 fully saturated rings. The highest BCUT2D eigenvalue weighted by Gasteiger charge is 2.25. The number of carbonyl (C=O) groups is 1. The number of nitrogens with zero attached hydrogens (tertiary/aromatic N) is 3. The van der Waals surface area contributed by atoms with E-state index in [1.807, 2.05) is 18.2 Å². The lowest BCUT2D eigenvalue weighted by molar-refractivity contribution is 0.101. The van der Waals surface area contributed by atoms with Crippen LogP contribution in [-0.4, -0.2) is 49.2 Å². The molecule has 0 bridgehead atoms. The highest BCUT2D eigenvalue weighted by molar-refractivity contribution is 6.03. The van der Waals surface area contributed by atoms with Crippen LogP contribution in [0.5, 0.6) is 0 Å². The number of imidazole rings is 1. The van der Waals surface area contributed by atoms with Crippen molar-refractivity contribution in [3.05, 3.63) is 41.5 Å². The van der Waals surface area contributed by atoms with E-state index in [4.69, 9.17) is 10.00 Å². The molecule has 3 N–H and O–H groups in total. The number of methoxy groups -OCH3 is 1. The average Bonchev–Trinajstić information content (AvgIpc) is 3.24. The summed E-state index contributed by atoms with van der Waals surface area (Å²) in [5.74, 6) is 0.468. The molecule has 8 nitrogen and oxygen atoms in total. The zero-order valence-electron chi connectivity index (χ0n) is 18.8. The Morgan fingerprint density at radius 3 is 2.77 bits per heavy atom. The first-order chi connectivity index (χ1) is 14.8. The Balaban J connectivity index is 1.88. The van der Waals surface area contributed by atoms with E-state index in [9.17, 15) is 4.79 Å². The van der Waals surface area contributed by atoms with E-state index in [1.54, 1.807) is 7.11 Å². The third kappa shape index (κ3) is 5.63. The van der Waals surface area contributed by atoms with Crippen molar-refractivity contribution in [2.24, 2.45) is 5.92 Å². The molecule has 0 saturated carbocycles. The highest BCUT2D eigenvalue weighted by atomic mass is 16.5. The van der Waals surface area contributed by atoms with Crippen LogP contribution in [0.3, 0.4) is 0 Å². The molecular weight excluding hydrogens is 392 g/mol. The van der Waals surface area contributed by atoms with Crippen molar-refractivity contribution in [3.63, 3.8) is 0 Å². The zero-order valence-corrected chi connectivity index (χ0v) is 18.8. The number of nitriles is 1. The first kappa shape index (κ1) is 22.8. The maximum absolute atomic E-state index is 12.7. The quantitative estimate of drug-likeness (QED) is 0.562. The Kier molecular flexibility index (Phi) is 7.31. The fourth-order valence-electron chi connectivity index (χ4n) is 3.78. The van der Waals surface area contributed by atoms with Gasteiger partial charge in [0.05, 0.1) is 18.0 Å². The summed E-state index contributed by atoms with van der Waals surface area (Å²) in [6.07, 6.45) is 3.67. The van der Waals surface area contributed by atoms with Crippen LogP contribution in [0.4, 0.5) is 11.4 Å². The smallest absolute Gasteiger partial charge is 0.291 e. The predicted molar refractivity (Wildman–Crippen MR) is 121 cm³/mol. The van der Waals surface area contributed by atoms with Crippen LogP contribution in [0.25, 0.3) is 0 Å². The molecule has 31 heavy (non-hydrogen) atoms. The number of rotatable bonds is 8. The minimum Gasteiger partial charge on any atom is -0.383 e. The lowest BCUT2D eigenvalue weighted by atomic mass is 9.92. The van der Waals surface area contributed by atoms with E-state index in [0.29, 0.717) is 12.5 Å². The number of piperidine rings is 1. The third-order valence-corrected chi connectivity index (χ3v) is 5.87. The van der Waals surface area contributed by atoms with E-state index in [2.05, 4.69) is 52.3 Å². The number of carbonyl (C=O) groups excluding carboxylic acids is 1. The van der Waals surface area contributed by atoms with Crippen LogP contribution in [0.1, 0.15) is 55.5 Å². The fraction of sp³-hybridized carbons (Fsp3) is 0.522. The van der Waals surface area contributed by atoms with Gasteiger partial charge >= 0.3 is 0 Å². The van der Waals surface area contributed by atoms with Crippen molar-refractivity contribution < 1.29 is 9.53 Å². The molecule has 0 spiro atoms. The molecule has 1 aromatic carbocycles. The molecule has 8 heteroatoms. The molecule has 1 aromatic heterocycles. The summed E-state index contributed by atoms with van der Waals surface area (Å²) in [4.78, 5) is 21.8. The molecule has 1 aliphatic rings. The summed E-state index contributed by atoms with van der Waals surface area (Å²) in [5, 5.41) is 15.5. The molecule has 166 valence electrons. The second kappa shape index (κ2) is 9.94. The SMILES string of the molecule is COCCNC(C)(C)c1ccc(NC(=O)c2nc(C#N)c[nH]2)c(N2CCC(C)CC2)c1. The number of ether oxygens (including phenoxy) is 1. The second-order valence-corrected chi connectivity index (χ2v) is 8.65. The molecule has 1 aliphatic heterocycles. The third-order valence-electron chi connectivity index (χ3n) is 5.87. The molecule has 2 aromatic rings. The van der Waals surface area contributed by atoms with Crippen LogP contribution < -0.4 is 15.5 Å². The Morgan fingerprint density at radius 1 is 1.39 bits per heavy atom. The number of nitrogens with one attached hydrogen (secondary N) is 3. The minimum absolute atomic E-state index is 0.125. The van der Waals surface area contributed by atoms with Crippen LogP contribution in [0, 0.1) is 17.2 Å². The summed E-state index contributed by atoms with van der Waals surface area (Å²) in [7, 11) is 1.69. The van der Waals surface area contributed by atoms with Crippen molar-refractivity contribution >= 4 is 17.3 Å². The van der Waals surface area contributed by atoms with Crippen molar-refractivity contribution in [1.29, 1.82) is 5.26 Å². The second-order valence-electron chi connectivity index (χ2n) is 8.65. The standard InChI is InChI=1S/C23H32N6O2/c1-16-7-10-29(11-8-16)20-13-17(23(2,3)26-9-12-31-4)5-6-19(20)28-22(30)21-25-15-18(14-24)27-21/h5-6,13,15-16,26H,7-12H2,1-4H3,(H,25,27)(H,28,30). The van der Waals surface area contributed by atoms with Crippen molar-refractivity contribution in [2.45, 2.75) is 39.2 Å². The monoisotopic (exact) mass is 424 g/mol. The van der Waals surface area contributed by atoms with Gasteiger partial charge in [0.15, 0.2) is 11.5 Å². The Hall–Kier alpha value is -2.89. The summed E-state index contributed by atoms with van der Waals surface area (Å²) >= 11 is 0. The van der Waals surface area contributed by atoms with Crippen LogP contribution in [-0.2, 0) is 10.3 Å². The average molecular weight is 425 g/mol. The minimum atomic E-state index is -0.363. The molecule has 1 saturated heterocycles. The predicted octanol–water partition coefficient (Wildman–Crippen LogP) is 3.24. The van der Waals surface area contributed by atoms with Gasteiger partial charge in [-0.3, -0.25) is 4.79 Å². The number of aromatic amines is 1. The van der Waals surface area contributed by atoms with E-state index in [0.717, 1.165) is 49.4 Å². The van der Waals surface area contributed by atoms with Gasteiger partial charge in [-0.05, 0) is 50.3 Å². The van der Waals surface area contributed by atoms with Crippen molar-refractivity contribution in [2.75, 3.05) is 43.6 Å². The number of hydrogen-bond acceptors (Lipinski definition) is 6. The number of benzene rings is 1. The zero-order chi connectivity index (χ0) is 22.4. The van der Waals surface area contributed by atoms with Crippen molar-refractivity contribution in [3.8, 4) is 6.07 Å². The van der Waals surface area contributed by atoms with E-state index >= 15 is 0 Å². The van der Waals surface area contributed by atoms with Gasteiger partial charge in [-0.2, -0.15) is 5.26 Å². The number of aromatic nitrogens is 2. The molecule has 0 atom stereocenters. The van der Waals surface area contributed by atoms with Gasteiger partial charge in [-0.25, -0.2) is 4.98 Å². The Labute approximate surface area is 184 Å². The fourth-order valence-corrected chi connectivity index (χ4v) is 3.78. The highest BCUT2D eigenvalue weighted by Crippen LogP contribution is 2.34. The molecule has 0 unspecified atom stereocenters. The topological polar surface area (TPSA) is 106 Å². The maximum Gasteiger partial charge on any atom is 0.291 e. The first-order valence-electron chi connectivity index (χ1n) is 10.7. The lowest BCUT2D eigenvalue weighted by Crippen LogP contribution is -2.39. The number of hydrogen-bond donors (Lipinski definition) is 3. The van der Waals surface area contributed by atoms with Gasteiger partial charge in [0.2, 0.25) is 0 Å². The van der Waals surface area contributed by atoms with Crippen LogP contribution >= 0.6 is 0 Å². The lowest BCUT2D eigenvalue weighted by Gasteiger charge is -2.35. The van der Waals surface area contributed by atoms with Gasteiger partial charge in [0.25, 0.3) is 5.91 Å². The van der Waals surface area contributed by atoms with Gasteiger partial charge in [-0.15, -0.1) is 0 Å². The molecule has 0 aliphatic carbocycles. The largest absolute Gasteiger partial charge is 0.383 e. The van der Waals surface area contributed by atoms with Gasteiger partial charge in [0, 0.05) is 38.5 Å². The maximum atomic E-state index is 12.7. The molecule has 1 amide bonds. The van der Waals surface area contributed by atoms with Gasteiger partial charge in [0.1, 0.15) is 6.07 Å². The van der Waals surface area contributed by atoms with Crippen molar-refractivity contribution in [1.82, 2.24) is 15.3 Å². The Morgan fingerprint density at radius 2 is 2.13 bits per heavy atom. The van der Waals surface area contributed by atoms with E-state index in [-0.39, 0.29) is 23.0 Å². The number of amides is 1. The number of anilines is 2. The van der Waals surface area contributed by atoms with E-state index in [1.165, 1.54) is 6.20 Å². The van der Waals surface area contributed by atoms with Crippen LogP contribution in [0.2, 0.25) is 0 Å². The Bertz CT molecular complexity index is 938. The molecule has 3 rings (SSSR count). The summed E-state index contributed by atoms with van der Waals surface area (Å²) in [6.45, 7) is 9.85. The summed E-state index contributed by atoms with van der Waals surface area (Å²) in [6, 6.07) is 8.08. The normalized spacial score (nSPS) is 15.0. The van der Waals surface area contributed by atoms with Gasteiger partial charge in [-0.1, -0.05) is 13.0 Å². The summed E-state index contributed by atoms with van der Waals surface area (Å²) in [5.41, 5.74) is 2.83. The summed E-state index contributed by atoms with van der Waals surface area (Å²) < 4.78 is 5.17. The first-order valence-corrected chi connectivity index (χ1v) is 10.7. The number of H-pyrrole nitrogens is 1. The molecule has 0 radical (unpaired) electrons. The van der Waals surface area contributed by atoms with Gasteiger partial charge < -0.3 is 25.3 Å². The van der Waals surface area contributed by atoms with Crippen LogP contribution in [0.15, 0.2) is 24.4 Å². The van der Waals surface area contributed by atoms with E-state index < -0.39 is 0 Å². The molecule has 2 heterocycles.